The summed E-state index contributed by atoms with van der Waals surface area (Å²) in [5, 5.41) is 0. The average molecular weight is 148 g/mol. The lowest BCUT2D eigenvalue weighted by Gasteiger charge is -1.89. The number of hydrogen-bond donors (Lipinski definition) is 0. The van der Waals surface area contributed by atoms with E-state index in [1.807, 2.05) is 0 Å². The summed E-state index contributed by atoms with van der Waals surface area (Å²) in [6.07, 6.45) is 0.940. The van der Waals surface area contributed by atoms with Gasteiger partial charge in [-0.1, -0.05) is 0 Å². The second-order valence-corrected chi connectivity index (χ2v) is 3.33. The van der Waals surface area contributed by atoms with Gasteiger partial charge in [0.05, 0.1) is 4.91 Å². The highest BCUT2D eigenvalue weighted by Gasteiger charge is 2.26. The van der Waals surface area contributed by atoms with Gasteiger partial charge in [0, 0.05) is 6.08 Å². The third-order valence-corrected chi connectivity index (χ3v) is 2.20. The Bertz CT molecular complexity index is 271. The van der Waals surface area contributed by atoms with Gasteiger partial charge in [0.2, 0.25) is 0 Å². The predicted octanol–water partition coefficient (Wildman–Crippen LogP) is -0.223. The van der Waals surface area contributed by atoms with E-state index in [2.05, 4.69) is 4.18 Å². The predicted molar refractivity (Wildman–Crippen MR) is 28.8 cm³/mol. The number of allylic oxidation sites excluding steroid dienone is 1. The minimum atomic E-state index is -3.66. The molecule has 5 heteroatoms. The number of carbonyl (C=O) groups excluding carboxylic acids is 1. The first-order chi connectivity index (χ1) is 4.02. The fraction of sp³-hybridized carbons (Fsp3) is 0.250. The van der Waals surface area contributed by atoms with Crippen LogP contribution in [0.5, 0.6) is 0 Å². The molecule has 9 heavy (non-hydrogen) atoms. The molecule has 0 aromatic carbocycles. The van der Waals surface area contributed by atoms with E-state index in [1.54, 1.807) is 0 Å². The van der Waals surface area contributed by atoms with Crippen molar-refractivity contribution in [2.75, 3.05) is 0 Å². The smallest absolute Gasteiger partial charge is 0.338 e. The molecule has 0 radical (unpaired) electrons. The topological polar surface area (TPSA) is 60.4 Å². The molecule has 0 fully saturated rings. The summed E-state index contributed by atoms with van der Waals surface area (Å²) >= 11 is 0. The molecule has 4 nitrogen and oxygen atoms in total. The van der Waals surface area contributed by atoms with Crippen LogP contribution in [-0.2, 0) is 19.1 Å². The SMILES string of the molecule is CC1=CC(=O)OS1(=O)=O. The van der Waals surface area contributed by atoms with Gasteiger partial charge in [0.1, 0.15) is 0 Å². The van der Waals surface area contributed by atoms with E-state index in [-0.39, 0.29) is 4.91 Å². The van der Waals surface area contributed by atoms with Gasteiger partial charge >= 0.3 is 16.1 Å². The molecule has 0 amide bonds. The molecule has 0 aromatic rings. The molecule has 0 atom stereocenters. The van der Waals surface area contributed by atoms with Crippen molar-refractivity contribution in [1.29, 1.82) is 0 Å². The largest absolute Gasteiger partial charge is 0.347 e. The van der Waals surface area contributed by atoms with Gasteiger partial charge in [-0.05, 0) is 6.92 Å². The zero-order valence-corrected chi connectivity index (χ0v) is 5.44. The van der Waals surface area contributed by atoms with E-state index in [1.165, 1.54) is 6.92 Å². The molecule has 1 rings (SSSR count). The molecule has 0 spiro atoms. The first-order valence-corrected chi connectivity index (χ1v) is 3.60. The fourth-order valence-electron chi connectivity index (χ4n) is 0.436. The van der Waals surface area contributed by atoms with Gasteiger partial charge in [0.15, 0.2) is 0 Å². The van der Waals surface area contributed by atoms with Crippen LogP contribution in [0.25, 0.3) is 0 Å². The summed E-state index contributed by atoms with van der Waals surface area (Å²) in [5.74, 6) is -0.813. The van der Waals surface area contributed by atoms with Gasteiger partial charge in [-0.3, -0.25) is 0 Å². The van der Waals surface area contributed by atoms with E-state index in [9.17, 15) is 13.2 Å². The van der Waals surface area contributed by atoms with Gasteiger partial charge in [-0.15, -0.1) is 0 Å². The lowest BCUT2D eigenvalue weighted by Crippen LogP contribution is -2.01. The van der Waals surface area contributed by atoms with Crippen LogP contribution in [0.15, 0.2) is 11.0 Å². The molecule has 1 aliphatic heterocycles. The van der Waals surface area contributed by atoms with Gasteiger partial charge in [0.25, 0.3) is 0 Å². The van der Waals surface area contributed by atoms with E-state index in [0.717, 1.165) is 6.08 Å². The summed E-state index contributed by atoms with van der Waals surface area (Å²) in [4.78, 5) is 10.2. The van der Waals surface area contributed by atoms with E-state index >= 15 is 0 Å². The molecule has 1 heterocycles. The highest BCUT2D eigenvalue weighted by molar-refractivity contribution is 7.91. The van der Waals surface area contributed by atoms with Crippen molar-refractivity contribution < 1.29 is 17.4 Å². The first-order valence-electron chi connectivity index (χ1n) is 2.19. The summed E-state index contributed by atoms with van der Waals surface area (Å²) in [5.41, 5.74) is 0. The van der Waals surface area contributed by atoms with Gasteiger partial charge in [-0.25, -0.2) is 4.79 Å². The van der Waals surface area contributed by atoms with Crippen LogP contribution in [-0.4, -0.2) is 14.4 Å². The van der Waals surface area contributed by atoms with Crippen molar-refractivity contribution >= 4 is 16.1 Å². The quantitative estimate of drug-likeness (QED) is 0.445. The van der Waals surface area contributed by atoms with Crippen molar-refractivity contribution in [3.05, 3.63) is 11.0 Å². The second kappa shape index (κ2) is 1.57. The Labute approximate surface area is 52.2 Å². The first kappa shape index (κ1) is 6.28. The van der Waals surface area contributed by atoms with Gasteiger partial charge < -0.3 is 4.18 Å². The van der Waals surface area contributed by atoms with Crippen LogP contribution in [0.2, 0.25) is 0 Å². The van der Waals surface area contributed by atoms with Gasteiger partial charge in [-0.2, -0.15) is 8.42 Å². The number of carbonyl (C=O) groups is 1. The zero-order chi connectivity index (χ0) is 7.07. The lowest BCUT2D eigenvalue weighted by molar-refractivity contribution is -0.127. The summed E-state index contributed by atoms with van der Waals surface area (Å²) < 4.78 is 24.8. The van der Waals surface area contributed by atoms with E-state index in [0.29, 0.717) is 0 Å². The average Bonchev–Trinajstić information content (AvgIpc) is 1.79. The zero-order valence-electron chi connectivity index (χ0n) is 4.62. The van der Waals surface area contributed by atoms with Crippen LogP contribution in [0.3, 0.4) is 0 Å². The Hall–Kier alpha value is -0.840. The molecule has 50 valence electrons. The minimum Gasteiger partial charge on any atom is -0.338 e. The Morgan fingerprint density at radius 2 is 2.11 bits per heavy atom. The minimum absolute atomic E-state index is 0.0347. The monoisotopic (exact) mass is 148 g/mol. The Morgan fingerprint density at radius 1 is 1.56 bits per heavy atom. The second-order valence-electron chi connectivity index (χ2n) is 1.61. The number of rotatable bonds is 0. The van der Waals surface area contributed by atoms with Crippen molar-refractivity contribution in [3.8, 4) is 0 Å². The summed E-state index contributed by atoms with van der Waals surface area (Å²) in [7, 11) is -3.66. The molecular weight excluding hydrogens is 144 g/mol. The van der Waals surface area contributed by atoms with Crippen LogP contribution in [0, 0.1) is 0 Å². The summed E-state index contributed by atoms with van der Waals surface area (Å²) in [6.45, 7) is 1.31. The molecular formula is C4H4O4S. The van der Waals surface area contributed by atoms with Crippen molar-refractivity contribution in [1.82, 2.24) is 0 Å². The van der Waals surface area contributed by atoms with E-state index < -0.39 is 16.1 Å². The molecule has 1 aliphatic rings. The molecule has 0 unspecified atom stereocenters. The summed E-state index contributed by atoms with van der Waals surface area (Å²) in [6, 6.07) is 0. The van der Waals surface area contributed by atoms with Crippen LogP contribution in [0.1, 0.15) is 6.92 Å². The molecule has 0 N–H and O–H groups in total. The van der Waals surface area contributed by atoms with E-state index in [4.69, 9.17) is 0 Å². The molecule has 0 saturated heterocycles. The highest BCUT2D eigenvalue weighted by atomic mass is 32.2. The highest BCUT2D eigenvalue weighted by Crippen LogP contribution is 2.15. The van der Waals surface area contributed by atoms with Crippen molar-refractivity contribution in [3.63, 3.8) is 0 Å². The molecule has 0 aliphatic carbocycles. The number of hydrogen-bond acceptors (Lipinski definition) is 4. The van der Waals surface area contributed by atoms with Crippen LogP contribution < -0.4 is 0 Å². The van der Waals surface area contributed by atoms with Crippen LogP contribution >= 0.6 is 0 Å². The maximum Gasteiger partial charge on any atom is 0.347 e. The molecule has 0 aromatic heterocycles. The Morgan fingerprint density at radius 3 is 2.22 bits per heavy atom. The lowest BCUT2D eigenvalue weighted by atomic mass is 10.5. The third-order valence-electron chi connectivity index (χ3n) is 0.907. The molecule has 0 bridgehead atoms. The normalized spacial score (nSPS) is 23.2. The Balaban J connectivity index is 3.19. The fourth-order valence-corrected chi connectivity index (χ4v) is 1.07. The molecule has 0 saturated carbocycles. The standard InChI is InChI=1S/C4H4O4S/c1-3-2-4(5)8-9(3,6)7/h2H,1H3. The van der Waals surface area contributed by atoms with Crippen molar-refractivity contribution in [2.45, 2.75) is 6.92 Å². The third kappa shape index (κ3) is 0.951. The maximum atomic E-state index is 10.5. The van der Waals surface area contributed by atoms with Crippen molar-refractivity contribution in [2.24, 2.45) is 0 Å². The van der Waals surface area contributed by atoms with Crippen LogP contribution in [0.4, 0.5) is 0 Å². The Kier molecular flexibility index (Phi) is 1.10. The maximum absolute atomic E-state index is 10.5.